The Morgan fingerprint density at radius 3 is 0.957 bits per heavy atom. The van der Waals surface area contributed by atoms with E-state index in [9.17, 15) is 0 Å². The Morgan fingerprint density at radius 1 is 0.261 bits per heavy atom. The van der Waals surface area contributed by atoms with E-state index in [1.54, 1.807) is 0 Å². The number of halogens is 2. The second-order valence-corrected chi connectivity index (χ2v) is 17.2. The lowest BCUT2D eigenvalue weighted by atomic mass is 10.0. The highest BCUT2D eigenvalue weighted by Crippen LogP contribution is 2.36. The lowest BCUT2D eigenvalue weighted by Gasteiger charge is -2.12. The Kier molecular flexibility index (Phi) is 10.5. The van der Waals surface area contributed by atoms with Crippen LogP contribution in [0.25, 0.3) is 120 Å². The molecular formula is C60H41Cl2N7. The quantitative estimate of drug-likeness (QED) is 0.0749. The highest BCUT2D eigenvalue weighted by molar-refractivity contribution is 6.15. The van der Waals surface area contributed by atoms with E-state index in [2.05, 4.69) is 179 Å². The molecule has 6 N–H and O–H groups in total. The first-order valence-electron chi connectivity index (χ1n) is 22.4. The number of nitrogen functional groups attached to an aromatic ring is 3. The molecule has 14 aromatic rings. The van der Waals surface area contributed by atoms with Gasteiger partial charge in [-0.05, 0) is 34.4 Å². The van der Waals surface area contributed by atoms with Gasteiger partial charge in [-0.1, -0.05) is 158 Å². The molecule has 0 bridgehead atoms. The highest BCUT2D eigenvalue weighted by atomic mass is 35.5. The number of hydrogen-bond donors (Lipinski definition) is 3. The van der Waals surface area contributed by atoms with Crippen molar-refractivity contribution in [1.29, 1.82) is 0 Å². The Morgan fingerprint density at radius 2 is 0.551 bits per heavy atom. The van der Waals surface area contributed by atoms with E-state index in [0.717, 1.165) is 116 Å². The molecule has 0 aliphatic rings. The molecule has 0 aliphatic heterocycles. The van der Waals surface area contributed by atoms with E-state index >= 15 is 0 Å². The zero-order chi connectivity index (χ0) is 44.8. The first-order valence-corrected chi connectivity index (χ1v) is 22.4. The molecule has 7 nitrogen and oxygen atoms in total. The molecule has 12 aromatic carbocycles. The van der Waals surface area contributed by atoms with Crippen LogP contribution in [0.1, 0.15) is 0 Å². The fourth-order valence-corrected chi connectivity index (χ4v) is 10.3. The molecule has 0 saturated carbocycles. The third-order valence-corrected chi connectivity index (χ3v) is 13.4. The molecule has 14 rings (SSSR count). The summed E-state index contributed by atoms with van der Waals surface area (Å²) in [6.45, 7) is 0. The molecule has 2 heterocycles. The van der Waals surface area contributed by atoms with Gasteiger partial charge in [-0.2, -0.15) is 0 Å². The van der Waals surface area contributed by atoms with Crippen molar-refractivity contribution in [3.05, 3.63) is 212 Å². The van der Waals surface area contributed by atoms with Crippen LogP contribution in [0.15, 0.2) is 212 Å². The Hall–Kier alpha value is -8.62. The van der Waals surface area contributed by atoms with Gasteiger partial charge in [-0.3, -0.25) is 0 Å². The molecule has 0 aliphatic carbocycles. The van der Waals surface area contributed by atoms with Gasteiger partial charge >= 0.3 is 0 Å². The molecule has 0 atom stereocenters. The second kappa shape index (κ2) is 16.9. The number of anilines is 3. The third-order valence-electron chi connectivity index (χ3n) is 13.4. The minimum Gasteiger partial charge on any atom is -1.00 e. The maximum atomic E-state index is 6.58. The molecule has 2 aromatic heterocycles. The lowest BCUT2D eigenvalue weighted by Crippen LogP contribution is -3.00. The molecule has 0 unspecified atom stereocenters. The molecule has 0 radical (unpaired) electrons. The number of nitrogens with zero attached hydrogens (tertiary/aromatic N) is 4. The van der Waals surface area contributed by atoms with Gasteiger partial charge in [0, 0.05) is 91.2 Å². The summed E-state index contributed by atoms with van der Waals surface area (Å²) in [5.74, 6) is 0. The van der Waals surface area contributed by atoms with Crippen LogP contribution in [0, 0.1) is 0 Å². The van der Waals surface area contributed by atoms with Crippen LogP contribution in [-0.4, -0.2) is 9.97 Å². The van der Waals surface area contributed by atoms with Crippen LogP contribution in [-0.2, 0) is 0 Å². The highest BCUT2D eigenvalue weighted by Gasteiger charge is 2.27. The number of benzene rings is 12. The van der Waals surface area contributed by atoms with Crippen molar-refractivity contribution in [3.63, 3.8) is 0 Å². The number of nitrogens with two attached hydrogens (primary N) is 3. The van der Waals surface area contributed by atoms with E-state index in [4.69, 9.17) is 27.2 Å². The number of aromatic nitrogens is 4. The van der Waals surface area contributed by atoms with Crippen molar-refractivity contribution in [2.24, 2.45) is 0 Å². The van der Waals surface area contributed by atoms with Gasteiger partial charge in [0.1, 0.15) is 22.1 Å². The van der Waals surface area contributed by atoms with E-state index in [1.165, 1.54) is 21.5 Å². The Balaban J connectivity index is 0.000000147. The fourth-order valence-electron chi connectivity index (χ4n) is 10.3. The third kappa shape index (κ3) is 6.73. The minimum absolute atomic E-state index is 0. The van der Waals surface area contributed by atoms with E-state index in [-0.39, 0.29) is 24.8 Å². The summed E-state index contributed by atoms with van der Waals surface area (Å²) >= 11 is 0. The summed E-state index contributed by atoms with van der Waals surface area (Å²) in [5, 5.41) is 13.2. The van der Waals surface area contributed by atoms with Gasteiger partial charge in [0.2, 0.25) is 33.4 Å². The van der Waals surface area contributed by atoms with Gasteiger partial charge in [-0.25, -0.2) is 9.97 Å². The molecule has 0 saturated heterocycles. The predicted octanol–water partition coefficient (Wildman–Crippen LogP) is 7.00. The summed E-state index contributed by atoms with van der Waals surface area (Å²) in [7, 11) is 0. The van der Waals surface area contributed by atoms with Crippen LogP contribution in [0.2, 0.25) is 0 Å². The summed E-state index contributed by atoms with van der Waals surface area (Å²) in [6, 6.07) is 73.4. The zero-order valence-electron chi connectivity index (χ0n) is 37.0. The molecular weight excluding hydrogens is 890 g/mol. The van der Waals surface area contributed by atoms with Crippen molar-refractivity contribution < 1.29 is 33.9 Å². The SMILES string of the molecule is Nc1cc2c(nc3c4ccccc4c(N)cc3[n+]2-c2cccc3ccccc23)c2ccccc12.Nc1cc2c(nc3c4ccccc4ccc3[n+]2-c2cccc3ccccc23)c2ccccc12.[Cl-].[Cl-]. The van der Waals surface area contributed by atoms with Crippen LogP contribution in [0.4, 0.5) is 17.1 Å². The van der Waals surface area contributed by atoms with Crippen molar-refractivity contribution >= 4 is 126 Å². The predicted molar refractivity (Wildman–Crippen MR) is 280 cm³/mol. The molecule has 69 heavy (non-hydrogen) atoms. The Bertz CT molecular complexity index is 4290. The fraction of sp³-hybridized carbons (Fsp3) is 0. The summed E-state index contributed by atoms with van der Waals surface area (Å²) in [4.78, 5) is 10.5. The number of fused-ring (bicyclic) bond motifs is 14. The topological polar surface area (TPSA) is 112 Å². The lowest BCUT2D eigenvalue weighted by molar-refractivity contribution is -0.536. The average molecular weight is 931 g/mol. The monoisotopic (exact) mass is 929 g/mol. The molecule has 9 heteroatoms. The first-order chi connectivity index (χ1) is 33.0. The summed E-state index contributed by atoms with van der Waals surface area (Å²) in [5.41, 5.74) is 31.9. The van der Waals surface area contributed by atoms with Crippen molar-refractivity contribution in [2.75, 3.05) is 17.2 Å². The number of rotatable bonds is 2. The molecule has 0 amide bonds. The second-order valence-electron chi connectivity index (χ2n) is 17.2. The maximum Gasteiger partial charge on any atom is 0.240 e. The van der Waals surface area contributed by atoms with Crippen LogP contribution >= 0.6 is 0 Å². The average Bonchev–Trinajstić information content (AvgIpc) is 3.38. The van der Waals surface area contributed by atoms with Crippen molar-refractivity contribution in [2.45, 2.75) is 0 Å². The maximum absolute atomic E-state index is 6.58. The van der Waals surface area contributed by atoms with E-state index < -0.39 is 0 Å². The van der Waals surface area contributed by atoms with Gasteiger partial charge in [0.15, 0.2) is 0 Å². The first kappa shape index (κ1) is 43.0. The molecule has 0 fully saturated rings. The minimum atomic E-state index is 0. The van der Waals surface area contributed by atoms with Crippen molar-refractivity contribution in [1.82, 2.24) is 9.97 Å². The standard InChI is InChI=1S/C30H20N4.C30H19N3.2ClH/c31-24-16-27-29(22-13-5-3-11-20(22)24)33-30-23-14-6-4-12-21(23)25(32)17-28(30)34(27)26-15-7-9-18-8-1-2-10-19(18)26;31-25-18-28-30(24-14-6-5-13-23(24)25)32-29-22-12-4-2-9-20(22)16-17-27(29)33(28)26-15-7-10-19-8-1-3-11-21(19)26;;/h1-17H,(H3,31,32);1-18,31H;2*1H. The zero-order valence-corrected chi connectivity index (χ0v) is 38.5. The molecule has 330 valence electrons. The van der Waals surface area contributed by atoms with E-state index in [1.807, 2.05) is 42.5 Å². The van der Waals surface area contributed by atoms with Crippen LogP contribution in [0.5, 0.6) is 0 Å². The normalized spacial score (nSPS) is 11.4. The van der Waals surface area contributed by atoms with Gasteiger partial charge in [-0.15, -0.1) is 9.13 Å². The summed E-state index contributed by atoms with van der Waals surface area (Å²) in [6.07, 6.45) is 0. The number of hydrogen-bond acceptors (Lipinski definition) is 5. The largest absolute Gasteiger partial charge is 1.00 e. The van der Waals surface area contributed by atoms with Crippen LogP contribution in [0.3, 0.4) is 0 Å². The van der Waals surface area contributed by atoms with Crippen molar-refractivity contribution in [3.8, 4) is 11.4 Å². The van der Waals surface area contributed by atoms with Gasteiger partial charge in [0.25, 0.3) is 0 Å². The smallest absolute Gasteiger partial charge is 0.240 e. The van der Waals surface area contributed by atoms with Gasteiger partial charge < -0.3 is 42.0 Å². The summed E-state index contributed by atoms with van der Waals surface area (Å²) < 4.78 is 4.60. The van der Waals surface area contributed by atoms with Crippen LogP contribution < -0.4 is 51.1 Å². The van der Waals surface area contributed by atoms with E-state index in [0.29, 0.717) is 0 Å². The van der Waals surface area contributed by atoms with Gasteiger partial charge in [0.05, 0.1) is 10.8 Å². The molecule has 0 spiro atoms. The Labute approximate surface area is 408 Å².